The second-order valence-corrected chi connectivity index (χ2v) is 5.83. The third kappa shape index (κ3) is 3.52. The Bertz CT molecular complexity index is 485. The highest BCUT2D eigenvalue weighted by atomic mass is 16.5. The first-order valence-corrected chi connectivity index (χ1v) is 5.92. The Hall–Kier alpha value is -1.92. The molecule has 0 spiro atoms. The average Bonchev–Trinajstić information content (AvgIpc) is 2.76. The van der Waals surface area contributed by atoms with Gasteiger partial charge in [0.05, 0.1) is 7.11 Å². The molecule has 0 radical (unpaired) electrons. The number of hydrogen-bond donors (Lipinski definition) is 2. The molecule has 0 atom stereocenters. The van der Waals surface area contributed by atoms with E-state index in [1.807, 2.05) is 20.8 Å². The Kier molecular flexibility index (Phi) is 3.97. The predicted molar refractivity (Wildman–Crippen MR) is 68.6 cm³/mol. The van der Waals surface area contributed by atoms with Crippen LogP contribution in [0.15, 0.2) is 0 Å². The standard InChI is InChI=1S/C12H20N4O3/c1-11(2,3)9-13-7(15-16-9)8(17)14-12(4,5)10(18)19-6/h1-6H3,(H,14,17)(H,13,15,16). The van der Waals surface area contributed by atoms with E-state index in [9.17, 15) is 9.59 Å². The highest BCUT2D eigenvalue weighted by molar-refractivity contribution is 5.95. The Balaban J connectivity index is 2.85. The highest BCUT2D eigenvalue weighted by Crippen LogP contribution is 2.17. The molecule has 0 unspecified atom stereocenters. The van der Waals surface area contributed by atoms with Crippen LogP contribution in [0.3, 0.4) is 0 Å². The number of carbonyl (C=O) groups is 2. The molecular weight excluding hydrogens is 248 g/mol. The van der Waals surface area contributed by atoms with Crippen molar-refractivity contribution >= 4 is 11.9 Å². The minimum Gasteiger partial charge on any atom is -0.467 e. The highest BCUT2D eigenvalue weighted by Gasteiger charge is 2.32. The van der Waals surface area contributed by atoms with Crippen molar-refractivity contribution in [2.75, 3.05) is 7.11 Å². The second-order valence-electron chi connectivity index (χ2n) is 5.83. The molecule has 0 saturated heterocycles. The lowest BCUT2D eigenvalue weighted by Crippen LogP contribution is -2.50. The molecule has 7 nitrogen and oxygen atoms in total. The Morgan fingerprint density at radius 2 is 1.79 bits per heavy atom. The van der Waals surface area contributed by atoms with Crippen LogP contribution in [-0.4, -0.2) is 39.7 Å². The van der Waals surface area contributed by atoms with E-state index in [1.54, 1.807) is 13.8 Å². The molecule has 0 aliphatic carbocycles. The molecule has 106 valence electrons. The van der Waals surface area contributed by atoms with Crippen LogP contribution >= 0.6 is 0 Å². The first-order chi connectivity index (χ1) is 8.58. The lowest BCUT2D eigenvalue weighted by molar-refractivity contribution is -0.146. The quantitative estimate of drug-likeness (QED) is 0.790. The summed E-state index contributed by atoms with van der Waals surface area (Å²) in [6, 6.07) is 0. The average molecular weight is 268 g/mol. The van der Waals surface area contributed by atoms with Gasteiger partial charge >= 0.3 is 5.97 Å². The Labute approximate surface area is 112 Å². The molecule has 0 aliphatic rings. The SMILES string of the molecule is COC(=O)C(C)(C)NC(=O)c1n[nH]c(C(C)(C)C)n1. The number of amides is 1. The minimum atomic E-state index is -1.13. The maximum Gasteiger partial charge on any atom is 0.330 e. The predicted octanol–water partition coefficient (Wildman–Crippen LogP) is 0.784. The smallest absolute Gasteiger partial charge is 0.330 e. The van der Waals surface area contributed by atoms with Gasteiger partial charge in [-0.2, -0.15) is 0 Å². The van der Waals surface area contributed by atoms with Crippen LogP contribution in [0.1, 0.15) is 51.1 Å². The van der Waals surface area contributed by atoms with Gasteiger partial charge in [-0.25, -0.2) is 9.78 Å². The van der Waals surface area contributed by atoms with Gasteiger partial charge in [-0.3, -0.25) is 9.89 Å². The largest absolute Gasteiger partial charge is 0.467 e. The van der Waals surface area contributed by atoms with Gasteiger partial charge in [-0.05, 0) is 13.8 Å². The van der Waals surface area contributed by atoms with Gasteiger partial charge in [0.1, 0.15) is 11.4 Å². The zero-order valence-electron chi connectivity index (χ0n) is 12.1. The summed E-state index contributed by atoms with van der Waals surface area (Å²) in [6.07, 6.45) is 0. The molecule has 0 aliphatic heterocycles. The first kappa shape index (κ1) is 15.1. The van der Waals surface area contributed by atoms with Crippen LogP contribution in [0.5, 0.6) is 0 Å². The normalized spacial score (nSPS) is 12.1. The number of aromatic amines is 1. The van der Waals surface area contributed by atoms with Crippen molar-refractivity contribution in [3.63, 3.8) is 0 Å². The van der Waals surface area contributed by atoms with E-state index in [2.05, 4.69) is 25.2 Å². The van der Waals surface area contributed by atoms with E-state index in [0.29, 0.717) is 5.82 Å². The van der Waals surface area contributed by atoms with Gasteiger partial charge in [0.25, 0.3) is 5.91 Å². The van der Waals surface area contributed by atoms with Crippen molar-refractivity contribution in [3.8, 4) is 0 Å². The fourth-order valence-electron chi connectivity index (χ4n) is 1.34. The topological polar surface area (TPSA) is 97.0 Å². The molecule has 1 aromatic heterocycles. The molecular formula is C12H20N4O3. The van der Waals surface area contributed by atoms with E-state index in [4.69, 9.17) is 0 Å². The maximum absolute atomic E-state index is 12.0. The number of rotatable bonds is 3. The molecule has 0 saturated carbocycles. The Morgan fingerprint density at radius 3 is 2.21 bits per heavy atom. The van der Waals surface area contributed by atoms with Crippen molar-refractivity contribution in [1.29, 1.82) is 0 Å². The third-order valence-electron chi connectivity index (χ3n) is 2.52. The maximum atomic E-state index is 12.0. The lowest BCUT2D eigenvalue weighted by atomic mass is 9.96. The minimum absolute atomic E-state index is 0.00176. The van der Waals surface area contributed by atoms with E-state index in [0.717, 1.165) is 0 Å². The monoisotopic (exact) mass is 268 g/mol. The molecule has 0 aromatic carbocycles. The van der Waals surface area contributed by atoms with Gasteiger partial charge < -0.3 is 10.1 Å². The van der Waals surface area contributed by atoms with E-state index < -0.39 is 17.4 Å². The first-order valence-electron chi connectivity index (χ1n) is 5.92. The van der Waals surface area contributed by atoms with Gasteiger partial charge in [0, 0.05) is 5.41 Å². The summed E-state index contributed by atoms with van der Waals surface area (Å²) in [4.78, 5) is 27.6. The van der Waals surface area contributed by atoms with Gasteiger partial charge in [-0.1, -0.05) is 20.8 Å². The summed E-state index contributed by atoms with van der Waals surface area (Å²) in [5, 5.41) is 9.10. The summed E-state index contributed by atoms with van der Waals surface area (Å²) in [5.41, 5.74) is -1.36. The number of hydrogen-bond acceptors (Lipinski definition) is 5. The molecule has 1 amide bonds. The molecule has 7 heteroatoms. The second kappa shape index (κ2) is 4.99. The number of ether oxygens (including phenoxy) is 1. The van der Waals surface area contributed by atoms with Crippen molar-refractivity contribution in [1.82, 2.24) is 20.5 Å². The number of methoxy groups -OCH3 is 1. The summed E-state index contributed by atoms with van der Waals surface area (Å²) >= 11 is 0. The number of carbonyl (C=O) groups excluding carboxylic acids is 2. The summed E-state index contributed by atoms with van der Waals surface area (Å²) in [5.74, 6) is -0.454. The molecule has 1 rings (SSSR count). The number of nitrogens with zero attached hydrogens (tertiary/aromatic N) is 2. The van der Waals surface area contributed by atoms with E-state index in [-0.39, 0.29) is 11.2 Å². The van der Waals surface area contributed by atoms with Gasteiger partial charge in [-0.15, -0.1) is 5.10 Å². The van der Waals surface area contributed by atoms with Crippen LogP contribution in [-0.2, 0) is 14.9 Å². The molecule has 1 aromatic rings. The molecule has 0 bridgehead atoms. The fraction of sp³-hybridized carbons (Fsp3) is 0.667. The molecule has 1 heterocycles. The van der Waals surface area contributed by atoms with Crippen molar-refractivity contribution in [2.45, 2.75) is 45.6 Å². The van der Waals surface area contributed by atoms with E-state index in [1.165, 1.54) is 7.11 Å². The fourth-order valence-corrected chi connectivity index (χ4v) is 1.34. The Morgan fingerprint density at radius 1 is 1.21 bits per heavy atom. The van der Waals surface area contributed by atoms with Crippen LogP contribution in [0.2, 0.25) is 0 Å². The molecule has 19 heavy (non-hydrogen) atoms. The number of H-pyrrole nitrogens is 1. The molecule has 0 fully saturated rings. The zero-order valence-corrected chi connectivity index (χ0v) is 12.1. The van der Waals surface area contributed by atoms with Gasteiger partial charge in [0.2, 0.25) is 5.82 Å². The van der Waals surface area contributed by atoms with Crippen molar-refractivity contribution in [2.24, 2.45) is 0 Å². The number of nitrogens with one attached hydrogen (secondary N) is 2. The summed E-state index contributed by atoms with van der Waals surface area (Å²) in [6.45, 7) is 8.96. The summed E-state index contributed by atoms with van der Waals surface area (Å²) < 4.78 is 4.61. The van der Waals surface area contributed by atoms with Crippen LogP contribution in [0.25, 0.3) is 0 Å². The van der Waals surface area contributed by atoms with Crippen LogP contribution < -0.4 is 5.32 Å². The molecule has 2 N–H and O–H groups in total. The number of esters is 1. The van der Waals surface area contributed by atoms with E-state index >= 15 is 0 Å². The van der Waals surface area contributed by atoms with Crippen molar-refractivity contribution in [3.05, 3.63) is 11.6 Å². The van der Waals surface area contributed by atoms with Crippen LogP contribution in [0, 0.1) is 0 Å². The van der Waals surface area contributed by atoms with Crippen molar-refractivity contribution < 1.29 is 14.3 Å². The van der Waals surface area contributed by atoms with Crippen LogP contribution in [0.4, 0.5) is 0 Å². The number of aromatic nitrogens is 3. The van der Waals surface area contributed by atoms with Gasteiger partial charge in [0.15, 0.2) is 0 Å². The third-order valence-corrected chi connectivity index (χ3v) is 2.52. The summed E-state index contributed by atoms with van der Waals surface area (Å²) in [7, 11) is 1.26. The lowest BCUT2D eigenvalue weighted by Gasteiger charge is -2.22. The zero-order chi connectivity index (χ0) is 14.8.